The zero-order valence-electron chi connectivity index (χ0n) is 14.4. The first-order valence-corrected chi connectivity index (χ1v) is 9.36. The number of hydrogen-bond donors (Lipinski definition) is 2. The second-order valence-electron chi connectivity index (χ2n) is 9.18. The van der Waals surface area contributed by atoms with E-state index in [0.29, 0.717) is 36.4 Å². The number of aliphatic hydroxyl groups is 2. The Balaban J connectivity index is 1.73. The van der Waals surface area contributed by atoms with Crippen LogP contribution in [0.5, 0.6) is 0 Å². The summed E-state index contributed by atoms with van der Waals surface area (Å²) in [6, 6.07) is 0. The quantitative estimate of drug-likeness (QED) is 0.675. The van der Waals surface area contributed by atoms with Crippen molar-refractivity contribution in [3.8, 4) is 0 Å². The molecule has 0 saturated heterocycles. The second kappa shape index (κ2) is 4.92. The number of rotatable bonds is 0. The van der Waals surface area contributed by atoms with Crippen LogP contribution in [0.25, 0.3) is 0 Å². The van der Waals surface area contributed by atoms with Gasteiger partial charge in [0.2, 0.25) is 0 Å². The highest BCUT2D eigenvalue weighted by atomic mass is 16.3. The molecule has 0 unspecified atom stereocenters. The van der Waals surface area contributed by atoms with Crippen molar-refractivity contribution in [2.24, 2.45) is 34.5 Å². The lowest BCUT2D eigenvalue weighted by molar-refractivity contribution is -0.153. The van der Waals surface area contributed by atoms with E-state index < -0.39 is 0 Å². The van der Waals surface area contributed by atoms with Gasteiger partial charge >= 0.3 is 0 Å². The Morgan fingerprint density at radius 2 is 1.83 bits per heavy atom. The summed E-state index contributed by atoms with van der Waals surface area (Å²) < 4.78 is 0. The highest BCUT2D eigenvalue weighted by molar-refractivity contribution is 5.87. The molecule has 0 aromatic heterocycles. The number of carbonyl (C=O) groups excluding carboxylic acids is 1. The van der Waals surface area contributed by atoms with Crippen LogP contribution in [0, 0.1) is 34.5 Å². The van der Waals surface area contributed by atoms with Crippen molar-refractivity contribution in [3.63, 3.8) is 0 Å². The van der Waals surface area contributed by atoms with Crippen molar-refractivity contribution in [2.75, 3.05) is 0 Å². The predicted octanol–water partition coefficient (Wildman–Crippen LogP) is 3.10. The Morgan fingerprint density at radius 1 is 1.09 bits per heavy atom. The maximum Gasteiger partial charge on any atom is 0.139 e. The van der Waals surface area contributed by atoms with Crippen LogP contribution in [0.2, 0.25) is 0 Å². The molecule has 0 aromatic carbocycles. The van der Waals surface area contributed by atoms with Gasteiger partial charge in [-0.3, -0.25) is 4.79 Å². The molecule has 4 aliphatic carbocycles. The Kier molecular flexibility index (Phi) is 3.39. The summed E-state index contributed by atoms with van der Waals surface area (Å²) in [6.07, 6.45) is 5.23. The fraction of sp³-hybridized carbons (Fsp3) is 0.850. The lowest BCUT2D eigenvalue weighted by Gasteiger charge is -2.61. The minimum absolute atomic E-state index is 0.0749. The summed E-state index contributed by atoms with van der Waals surface area (Å²) in [6.45, 7) is 8.78. The summed E-state index contributed by atoms with van der Waals surface area (Å²) in [5, 5.41) is 21.0. The molecule has 0 aromatic rings. The summed E-state index contributed by atoms with van der Waals surface area (Å²) in [5.41, 5.74) is 0.900. The molecular weight excluding hydrogens is 288 g/mol. The molecular formula is C20H30O3. The van der Waals surface area contributed by atoms with Crippen molar-refractivity contribution >= 4 is 5.78 Å². The average molecular weight is 318 g/mol. The molecule has 4 rings (SSSR count). The van der Waals surface area contributed by atoms with E-state index in [1.165, 1.54) is 0 Å². The van der Waals surface area contributed by atoms with E-state index in [4.69, 9.17) is 0 Å². The van der Waals surface area contributed by atoms with Crippen LogP contribution in [0.15, 0.2) is 12.2 Å². The van der Waals surface area contributed by atoms with Crippen LogP contribution in [0.3, 0.4) is 0 Å². The van der Waals surface area contributed by atoms with Crippen molar-refractivity contribution in [1.29, 1.82) is 0 Å². The molecule has 3 heteroatoms. The molecule has 4 saturated carbocycles. The first kappa shape index (κ1) is 15.8. The van der Waals surface area contributed by atoms with Crippen molar-refractivity contribution < 1.29 is 15.0 Å². The first-order valence-electron chi connectivity index (χ1n) is 9.36. The molecule has 4 fully saturated rings. The van der Waals surface area contributed by atoms with Crippen LogP contribution in [0.4, 0.5) is 0 Å². The van der Waals surface area contributed by atoms with Gasteiger partial charge in [0.25, 0.3) is 0 Å². The van der Waals surface area contributed by atoms with E-state index in [0.717, 1.165) is 37.7 Å². The monoisotopic (exact) mass is 318 g/mol. The van der Waals surface area contributed by atoms with Gasteiger partial charge in [-0.15, -0.1) is 0 Å². The number of aliphatic hydroxyl groups excluding tert-OH is 2. The van der Waals surface area contributed by atoms with Gasteiger partial charge in [0.15, 0.2) is 0 Å². The molecule has 128 valence electrons. The molecule has 0 amide bonds. The normalized spacial score (nSPS) is 56.0. The van der Waals surface area contributed by atoms with Crippen LogP contribution in [-0.4, -0.2) is 28.2 Å². The van der Waals surface area contributed by atoms with Gasteiger partial charge in [-0.25, -0.2) is 0 Å². The minimum atomic E-state index is -0.369. The fourth-order valence-corrected chi connectivity index (χ4v) is 7.06. The van der Waals surface area contributed by atoms with Crippen LogP contribution < -0.4 is 0 Å². The van der Waals surface area contributed by atoms with E-state index in [-0.39, 0.29) is 29.0 Å². The Bertz CT molecular complexity index is 555. The van der Waals surface area contributed by atoms with Gasteiger partial charge in [-0.2, -0.15) is 0 Å². The average Bonchev–Trinajstić information content (AvgIpc) is 2.78. The summed E-state index contributed by atoms with van der Waals surface area (Å²) >= 11 is 0. The minimum Gasteiger partial charge on any atom is -0.393 e. The number of fused-ring (bicyclic) bond motifs is 5. The molecule has 4 aliphatic rings. The van der Waals surface area contributed by atoms with E-state index in [1.807, 2.05) is 0 Å². The SMILES string of the molecule is C=C1C[C@@H](O)C[C@@H]2[C@H](O)C[C@@H]3[C@H](CC[C@]4(C)C(=O)CC[C@@H]34)[C@@]12C. The van der Waals surface area contributed by atoms with Gasteiger partial charge in [-0.1, -0.05) is 26.0 Å². The standard InChI is InChI=1S/C20H30O3/c1-11-8-12(21)9-16-17(22)10-13-14-4-5-18(23)19(14,2)7-6-15(13)20(11,16)3/h12-17,21-22H,1,4-10H2,2-3H3/t12-,13+,14+,15+,16-,17-,19+,20-/m1/s1. The molecule has 0 heterocycles. The zero-order valence-corrected chi connectivity index (χ0v) is 14.4. The summed E-state index contributed by atoms with van der Waals surface area (Å²) in [4.78, 5) is 12.4. The Labute approximate surface area is 139 Å². The van der Waals surface area contributed by atoms with Crippen molar-refractivity contribution in [2.45, 2.75) is 71.0 Å². The second-order valence-corrected chi connectivity index (χ2v) is 9.18. The third-order valence-electron chi connectivity index (χ3n) is 8.43. The van der Waals surface area contributed by atoms with Crippen molar-refractivity contribution in [3.05, 3.63) is 12.2 Å². The van der Waals surface area contributed by atoms with Crippen LogP contribution in [-0.2, 0) is 4.79 Å². The van der Waals surface area contributed by atoms with Crippen LogP contribution in [0.1, 0.15) is 58.8 Å². The molecule has 0 bridgehead atoms. The van der Waals surface area contributed by atoms with Gasteiger partial charge in [0.05, 0.1) is 12.2 Å². The molecule has 0 spiro atoms. The lowest BCUT2D eigenvalue weighted by Crippen LogP contribution is -2.59. The number of Topliss-reactive ketones (excluding diaryl/α,β-unsaturated/α-hetero) is 1. The van der Waals surface area contributed by atoms with E-state index in [9.17, 15) is 15.0 Å². The number of ketones is 1. The number of carbonyl (C=O) groups is 1. The molecule has 0 radical (unpaired) electrons. The fourth-order valence-electron chi connectivity index (χ4n) is 7.06. The predicted molar refractivity (Wildman–Crippen MR) is 88.7 cm³/mol. The lowest BCUT2D eigenvalue weighted by atomic mass is 9.43. The highest BCUT2D eigenvalue weighted by Gasteiger charge is 2.62. The molecule has 8 atom stereocenters. The van der Waals surface area contributed by atoms with E-state index >= 15 is 0 Å². The third-order valence-corrected chi connectivity index (χ3v) is 8.43. The van der Waals surface area contributed by atoms with Gasteiger partial charge in [0, 0.05) is 11.8 Å². The van der Waals surface area contributed by atoms with Gasteiger partial charge in [0.1, 0.15) is 5.78 Å². The maximum absolute atomic E-state index is 12.4. The molecule has 23 heavy (non-hydrogen) atoms. The zero-order chi connectivity index (χ0) is 16.6. The van der Waals surface area contributed by atoms with E-state index in [2.05, 4.69) is 20.4 Å². The Morgan fingerprint density at radius 3 is 2.57 bits per heavy atom. The van der Waals surface area contributed by atoms with Crippen molar-refractivity contribution in [1.82, 2.24) is 0 Å². The molecule has 3 nitrogen and oxygen atoms in total. The topological polar surface area (TPSA) is 57.5 Å². The third kappa shape index (κ3) is 1.93. The first-order chi connectivity index (χ1) is 10.8. The summed E-state index contributed by atoms with van der Waals surface area (Å²) in [5.74, 6) is 1.95. The van der Waals surface area contributed by atoms with Crippen LogP contribution >= 0.6 is 0 Å². The maximum atomic E-state index is 12.4. The largest absolute Gasteiger partial charge is 0.393 e. The van der Waals surface area contributed by atoms with E-state index in [1.54, 1.807) is 0 Å². The molecule has 2 N–H and O–H groups in total. The number of hydrogen-bond acceptors (Lipinski definition) is 3. The Hall–Kier alpha value is -0.670. The highest BCUT2D eigenvalue weighted by Crippen LogP contribution is 2.66. The molecule has 0 aliphatic heterocycles. The van der Waals surface area contributed by atoms with Gasteiger partial charge in [-0.05, 0) is 67.6 Å². The van der Waals surface area contributed by atoms with Gasteiger partial charge < -0.3 is 10.2 Å². The summed E-state index contributed by atoms with van der Waals surface area (Å²) in [7, 11) is 0. The smallest absolute Gasteiger partial charge is 0.139 e.